The summed E-state index contributed by atoms with van der Waals surface area (Å²) < 4.78 is 1.46. The third kappa shape index (κ3) is 2.60. The number of benzene rings is 1. The fourth-order valence-corrected chi connectivity index (χ4v) is 1.38. The largest absolute Gasteiger partial charge is 0.508 e. The Hall–Kier alpha value is -2.37. The van der Waals surface area contributed by atoms with Crippen LogP contribution in [0.4, 0.5) is 5.69 Å². The van der Waals surface area contributed by atoms with Gasteiger partial charge in [0.25, 0.3) is 0 Å². The normalized spacial score (nSPS) is 10.2. The average molecular weight is 232 g/mol. The van der Waals surface area contributed by atoms with Crippen molar-refractivity contribution in [2.45, 2.75) is 6.54 Å². The second kappa shape index (κ2) is 4.65. The number of amides is 1. The number of phenols is 1. The Morgan fingerprint density at radius 3 is 2.71 bits per heavy atom. The molecule has 0 saturated heterocycles. The van der Waals surface area contributed by atoms with E-state index in [1.54, 1.807) is 25.4 Å². The molecular weight excluding hydrogens is 220 g/mol. The zero-order valence-electron chi connectivity index (χ0n) is 9.32. The number of hydrogen-bond acceptors (Lipinski definition) is 4. The van der Waals surface area contributed by atoms with Gasteiger partial charge in [-0.3, -0.25) is 4.79 Å². The zero-order chi connectivity index (χ0) is 12.3. The van der Waals surface area contributed by atoms with E-state index in [4.69, 9.17) is 5.11 Å². The Bertz CT molecular complexity index is 493. The smallest absolute Gasteiger partial charge is 0.248 e. The summed E-state index contributed by atoms with van der Waals surface area (Å²) in [5, 5.41) is 16.5. The van der Waals surface area contributed by atoms with Crippen LogP contribution >= 0.6 is 0 Å². The van der Waals surface area contributed by atoms with Crippen LogP contribution in [0, 0.1) is 0 Å². The number of hydrogen-bond donors (Lipinski definition) is 1. The molecule has 0 atom stereocenters. The van der Waals surface area contributed by atoms with Crippen LogP contribution in [-0.4, -0.2) is 33.1 Å². The maximum Gasteiger partial charge on any atom is 0.248 e. The summed E-state index contributed by atoms with van der Waals surface area (Å²) in [5.41, 5.74) is 0.716. The summed E-state index contributed by atoms with van der Waals surface area (Å²) in [6.07, 6.45) is 3.15. The maximum absolute atomic E-state index is 11.9. The van der Waals surface area contributed by atoms with Crippen molar-refractivity contribution >= 4 is 11.6 Å². The molecular formula is C11H12N4O2. The van der Waals surface area contributed by atoms with Crippen LogP contribution in [0.1, 0.15) is 0 Å². The van der Waals surface area contributed by atoms with E-state index in [1.807, 2.05) is 0 Å². The van der Waals surface area contributed by atoms with E-state index in [9.17, 15) is 4.79 Å². The minimum atomic E-state index is -0.110. The molecule has 2 aromatic rings. The molecule has 0 aliphatic heterocycles. The molecule has 0 fully saturated rings. The van der Waals surface area contributed by atoms with Crippen molar-refractivity contribution in [3.63, 3.8) is 0 Å². The Morgan fingerprint density at radius 2 is 2.12 bits per heavy atom. The number of carbonyl (C=O) groups excluding carboxylic acids is 1. The van der Waals surface area contributed by atoms with Crippen LogP contribution in [0.15, 0.2) is 36.7 Å². The van der Waals surface area contributed by atoms with Gasteiger partial charge < -0.3 is 10.0 Å². The van der Waals surface area contributed by atoms with E-state index in [0.29, 0.717) is 5.69 Å². The fourth-order valence-electron chi connectivity index (χ4n) is 1.38. The predicted molar refractivity (Wildman–Crippen MR) is 61.5 cm³/mol. The van der Waals surface area contributed by atoms with Gasteiger partial charge in [0.15, 0.2) is 0 Å². The van der Waals surface area contributed by atoms with Crippen LogP contribution in [-0.2, 0) is 11.3 Å². The summed E-state index contributed by atoms with van der Waals surface area (Å²) in [4.78, 5) is 13.4. The van der Waals surface area contributed by atoms with Gasteiger partial charge in [0.2, 0.25) is 5.91 Å². The van der Waals surface area contributed by atoms with Gasteiger partial charge in [0.1, 0.15) is 12.3 Å². The molecule has 1 N–H and O–H groups in total. The number of aromatic hydroxyl groups is 1. The maximum atomic E-state index is 11.9. The highest BCUT2D eigenvalue weighted by atomic mass is 16.3. The van der Waals surface area contributed by atoms with E-state index in [0.717, 1.165) is 0 Å². The van der Waals surface area contributed by atoms with E-state index >= 15 is 0 Å². The molecule has 17 heavy (non-hydrogen) atoms. The Balaban J connectivity index is 2.07. The topological polar surface area (TPSA) is 71.2 Å². The lowest BCUT2D eigenvalue weighted by Crippen LogP contribution is -2.30. The quantitative estimate of drug-likeness (QED) is 0.843. The molecule has 2 rings (SSSR count). The number of carbonyl (C=O) groups is 1. The molecule has 6 nitrogen and oxygen atoms in total. The fraction of sp³-hybridized carbons (Fsp3) is 0.182. The standard InChI is InChI=1S/C11H12N4O2/c1-14(9-2-4-10(16)5-3-9)11(17)8-15-7-6-12-13-15/h2-7,16H,8H2,1H3. The molecule has 1 heterocycles. The van der Waals surface area contributed by atoms with Crippen LogP contribution in [0.3, 0.4) is 0 Å². The number of likely N-dealkylation sites (N-methyl/N-ethyl adjacent to an activating group) is 1. The molecule has 1 aromatic heterocycles. The lowest BCUT2D eigenvalue weighted by atomic mass is 10.3. The first-order valence-corrected chi connectivity index (χ1v) is 5.06. The third-order valence-electron chi connectivity index (χ3n) is 2.38. The van der Waals surface area contributed by atoms with Crippen LogP contribution in [0.2, 0.25) is 0 Å². The van der Waals surface area contributed by atoms with Crippen molar-refractivity contribution in [3.8, 4) is 5.75 Å². The van der Waals surface area contributed by atoms with Gasteiger partial charge in [-0.1, -0.05) is 5.21 Å². The van der Waals surface area contributed by atoms with Crippen LogP contribution in [0.5, 0.6) is 5.75 Å². The molecule has 0 bridgehead atoms. The zero-order valence-corrected chi connectivity index (χ0v) is 9.32. The lowest BCUT2D eigenvalue weighted by Gasteiger charge is -2.17. The number of anilines is 1. The lowest BCUT2D eigenvalue weighted by molar-refractivity contribution is -0.119. The van der Waals surface area contributed by atoms with Crippen molar-refractivity contribution < 1.29 is 9.90 Å². The van der Waals surface area contributed by atoms with Gasteiger partial charge in [-0.2, -0.15) is 0 Å². The van der Waals surface area contributed by atoms with Gasteiger partial charge in [0.05, 0.1) is 6.20 Å². The summed E-state index contributed by atoms with van der Waals surface area (Å²) in [6.45, 7) is 0.136. The Morgan fingerprint density at radius 1 is 1.41 bits per heavy atom. The summed E-state index contributed by atoms with van der Waals surface area (Å²) in [6, 6.07) is 6.42. The molecule has 0 aliphatic rings. The van der Waals surface area contributed by atoms with Gasteiger partial charge in [-0.25, -0.2) is 4.68 Å². The van der Waals surface area contributed by atoms with Gasteiger partial charge >= 0.3 is 0 Å². The Labute approximate surface area is 98.1 Å². The number of rotatable bonds is 3. The van der Waals surface area contributed by atoms with Crippen LogP contribution in [0.25, 0.3) is 0 Å². The third-order valence-corrected chi connectivity index (χ3v) is 2.38. The van der Waals surface area contributed by atoms with E-state index in [-0.39, 0.29) is 18.2 Å². The van der Waals surface area contributed by atoms with Crippen molar-refractivity contribution in [2.75, 3.05) is 11.9 Å². The molecule has 0 spiro atoms. The van der Waals surface area contributed by atoms with E-state index in [2.05, 4.69) is 10.3 Å². The minimum Gasteiger partial charge on any atom is -0.508 e. The average Bonchev–Trinajstić information content (AvgIpc) is 2.82. The molecule has 0 saturated carbocycles. The first-order chi connectivity index (χ1) is 8.16. The molecule has 6 heteroatoms. The van der Waals surface area contributed by atoms with E-state index < -0.39 is 0 Å². The highest BCUT2D eigenvalue weighted by Gasteiger charge is 2.11. The highest BCUT2D eigenvalue weighted by Crippen LogP contribution is 2.17. The van der Waals surface area contributed by atoms with Crippen molar-refractivity contribution in [1.82, 2.24) is 15.0 Å². The molecule has 1 aromatic carbocycles. The molecule has 0 unspecified atom stereocenters. The minimum absolute atomic E-state index is 0.110. The Kier molecular flexibility index (Phi) is 3.04. The van der Waals surface area contributed by atoms with E-state index in [1.165, 1.54) is 27.9 Å². The predicted octanol–water partition coefficient (Wildman–Crippen LogP) is 0.647. The number of nitrogens with zero attached hydrogens (tertiary/aromatic N) is 4. The monoisotopic (exact) mass is 232 g/mol. The summed E-state index contributed by atoms with van der Waals surface area (Å²) in [5.74, 6) is 0.0621. The van der Waals surface area contributed by atoms with Gasteiger partial charge in [0, 0.05) is 18.9 Å². The molecule has 1 amide bonds. The molecule has 0 radical (unpaired) electrons. The number of phenolic OH excluding ortho intramolecular Hbond substituents is 1. The number of aromatic nitrogens is 3. The highest BCUT2D eigenvalue weighted by molar-refractivity contribution is 5.92. The summed E-state index contributed by atoms with van der Waals surface area (Å²) >= 11 is 0. The first kappa shape index (κ1) is 11.1. The van der Waals surface area contributed by atoms with Gasteiger partial charge in [-0.15, -0.1) is 5.10 Å². The first-order valence-electron chi connectivity index (χ1n) is 5.06. The molecule has 88 valence electrons. The second-order valence-electron chi connectivity index (χ2n) is 3.57. The van der Waals surface area contributed by atoms with Crippen LogP contribution < -0.4 is 4.90 Å². The second-order valence-corrected chi connectivity index (χ2v) is 3.57. The summed E-state index contributed by atoms with van der Waals surface area (Å²) in [7, 11) is 1.67. The molecule has 0 aliphatic carbocycles. The van der Waals surface area contributed by atoms with Crippen molar-refractivity contribution in [2.24, 2.45) is 0 Å². The van der Waals surface area contributed by atoms with Crippen molar-refractivity contribution in [1.29, 1.82) is 0 Å². The van der Waals surface area contributed by atoms with Gasteiger partial charge in [-0.05, 0) is 24.3 Å². The SMILES string of the molecule is CN(C(=O)Cn1ccnn1)c1ccc(O)cc1. The van der Waals surface area contributed by atoms with Crippen molar-refractivity contribution in [3.05, 3.63) is 36.7 Å².